The summed E-state index contributed by atoms with van der Waals surface area (Å²) in [7, 11) is 1.67. The number of aliphatic hydroxyl groups excluding tert-OH is 1. The van der Waals surface area contributed by atoms with E-state index in [4.69, 9.17) is 10.5 Å². The molecule has 3 rings (SSSR count). The van der Waals surface area contributed by atoms with E-state index in [1.165, 1.54) is 0 Å². The van der Waals surface area contributed by atoms with Gasteiger partial charge in [-0.05, 0) is 35.8 Å². The normalized spacial score (nSPS) is 17.4. The fraction of sp³-hybridized carbons (Fsp3) is 0.375. The Kier molecular flexibility index (Phi) is 4.53. The van der Waals surface area contributed by atoms with Crippen LogP contribution in [0.5, 0.6) is 5.75 Å². The second-order valence-corrected chi connectivity index (χ2v) is 5.26. The summed E-state index contributed by atoms with van der Waals surface area (Å²) in [5.41, 5.74) is 7.24. The van der Waals surface area contributed by atoms with Crippen LogP contribution in [0.25, 0.3) is 10.8 Å². The molecule has 0 spiro atoms. The number of ether oxygens (including phenoxy) is 1. The molecule has 0 aromatic heterocycles. The van der Waals surface area contributed by atoms with Gasteiger partial charge in [0.25, 0.3) is 0 Å². The molecule has 0 heterocycles. The fourth-order valence-electron chi connectivity index (χ4n) is 2.68. The van der Waals surface area contributed by atoms with Crippen LogP contribution < -0.4 is 10.5 Å². The molecule has 1 fully saturated rings. The number of benzene rings is 2. The van der Waals surface area contributed by atoms with E-state index in [-0.39, 0.29) is 18.4 Å². The molecule has 0 bridgehead atoms. The highest BCUT2D eigenvalue weighted by molar-refractivity contribution is 5.91. The number of nitrogens with two attached hydrogens (primary N) is 1. The van der Waals surface area contributed by atoms with Crippen molar-refractivity contribution in [2.75, 3.05) is 7.11 Å². The number of hydrogen-bond acceptors (Lipinski definition) is 3. The molecule has 2 aromatic rings. The number of fused-ring (bicyclic) bond motifs is 1. The third kappa shape index (κ3) is 2.62. The van der Waals surface area contributed by atoms with Crippen LogP contribution >= 0.6 is 12.4 Å². The molecule has 1 aliphatic carbocycles. The summed E-state index contributed by atoms with van der Waals surface area (Å²) in [6.07, 6.45) is 1.73. The number of methoxy groups -OCH3 is 1. The first-order chi connectivity index (χ1) is 9.22. The highest BCUT2D eigenvalue weighted by Crippen LogP contribution is 2.39. The Labute approximate surface area is 125 Å². The van der Waals surface area contributed by atoms with Gasteiger partial charge in [-0.15, -0.1) is 12.4 Å². The third-order valence-corrected chi connectivity index (χ3v) is 3.97. The first-order valence-electron chi connectivity index (χ1n) is 6.71. The largest absolute Gasteiger partial charge is 0.496 e. The lowest BCUT2D eigenvalue weighted by Gasteiger charge is -2.21. The van der Waals surface area contributed by atoms with E-state index >= 15 is 0 Å². The Balaban J connectivity index is 0.00000147. The smallest absolute Gasteiger partial charge is 0.126 e. The maximum absolute atomic E-state index is 10.2. The molecule has 3 nitrogen and oxygen atoms in total. The lowest BCUT2D eigenvalue weighted by Crippen LogP contribution is -2.28. The molecular weight excluding hydrogens is 274 g/mol. The Morgan fingerprint density at radius 2 is 1.80 bits per heavy atom. The van der Waals surface area contributed by atoms with Gasteiger partial charge in [0, 0.05) is 5.39 Å². The van der Waals surface area contributed by atoms with Gasteiger partial charge in [-0.3, -0.25) is 0 Å². The predicted octanol–water partition coefficient (Wildman–Crippen LogP) is 3.04. The van der Waals surface area contributed by atoms with Gasteiger partial charge in [0.2, 0.25) is 0 Å². The van der Waals surface area contributed by atoms with E-state index in [1.54, 1.807) is 7.11 Å². The predicted molar refractivity (Wildman–Crippen MR) is 83.4 cm³/mol. The lowest BCUT2D eigenvalue weighted by atomic mass is 9.93. The Bertz CT molecular complexity index is 598. The summed E-state index contributed by atoms with van der Waals surface area (Å²) >= 11 is 0. The van der Waals surface area contributed by atoms with Gasteiger partial charge in [-0.25, -0.2) is 0 Å². The Hall–Kier alpha value is -1.29. The van der Waals surface area contributed by atoms with Crippen molar-refractivity contribution in [3.8, 4) is 5.75 Å². The highest BCUT2D eigenvalue weighted by atomic mass is 35.5. The van der Waals surface area contributed by atoms with Crippen LogP contribution in [0.4, 0.5) is 0 Å². The molecule has 0 amide bonds. The van der Waals surface area contributed by atoms with Crippen molar-refractivity contribution >= 4 is 23.2 Å². The van der Waals surface area contributed by atoms with Crippen molar-refractivity contribution in [3.05, 3.63) is 42.0 Å². The summed E-state index contributed by atoms with van der Waals surface area (Å²) in [5.74, 6) is 1.21. The van der Waals surface area contributed by atoms with E-state index in [0.717, 1.165) is 34.9 Å². The summed E-state index contributed by atoms with van der Waals surface area (Å²) < 4.78 is 5.38. The van der Waals surface area contributed by atoms with Crippen LogP contribution in [-0.2, 0) is 0 Å². The third-order valence-electron chi connectivity index (χ3n) is 3.97. The van der Waals surface area contributed by atoms with Crippen LogP contribution in [0, 0.1) is 5.92 Å². The minimum atomic E-state index is -0.447. The van der Waals surface area contributed by atoms with Crippen molar-refractivity contribution in [1.29, 1.82) is 0 Å². The van der Waals surface area contributed by atoms with Crippen molar-refractivity contribution < 1.29 is 9.84 Å². The molecule has 1 aliphatic rings. The van der Waals surface area contributed by atoms with Crippen LogP contribution in [-0.4, -0.2) is 18.3 Å². The molecule has 2 atom stereocenters. The van der Waals surface area contributed by atoms with Gasteiger partial charge in [-0.1, -0.05) is 30.3 Å². The topological polar surface area (TPSA) is 55.5 Å². The molecule has 0 unspecified atom stereocenters. The minimum absolute atomic E-state index is 0. The van der Waals surface area contributed by atoms with E-state index < -0.39 is 6.10 Å². The van der Waals surface area contributed by atoms with Crippen LogP contribution in [0.2, 0.25) is 0 Å². The van der Waals surface area contributed by atoms with Crippen molar-refractivity contribution in [2.45, 2.75) is 25.0 Å². The van der Waals surface area contributed by atoms with Crippen molar-refractivity contribution in [1.82, 2.24) is 0 Å². The van der Waals surface area contributed by atoms with Crippen LogP contribution in [0.1, 0.15) is 24.4 Å². The van der Waals surface area contributed by atoms with E-state index in [0.29, 0.717) is 5.92 Å². The summed E-state index contributed by atoms with van der Waals surface area (Å²) in [6, 6.07) is 11.6. The van der Waals surface area contributed by atoms with E-state index in [9.17, 15) is 5.11 Å². The average Bonchev–Trinajstić information content (AvgIpc) is 3.29. The zero-order chi connectivity index (χ0) is 13.4. The molecule has 108 valence electrons. The standard InChI is InChI=1S/C16H19NO2.ClH/c1-19-14-9-8-13(11-4-2-3-5-12(11)14)15(17)16(18)10-6-7-10;/h2-5,8-10,15-16,18H,6-7,17H2,1H3;1H/t15-,16+;/m1./s1. The number of rotatable bonds is 4. The number of aliphatic hydroxyl groups is 1. The average molecular weight is 294 g/mol. The highest BCUT2D eigenvalue weighted by Gasteiger charge is 2.34. The van der Waals surface area contributed by atoms with E-state index in [1.807, 2.05) is 36.4 Å². The molecule has 0 aliphatic heterocycles. The van der Waals surface area contributed by atoms with Crippen LogP contribution in [0.15, 0.2) is 36.4 Å². The Morgan fingerprint density at radius 3 is 2.40 bits per heavy atom. The summed E-state index contributed by atoms with van der Waals surface area (Å²) in [5, 5.41) is 12.3. The first-order valence-corrected chi connectivity index (χ1v) is 6.71. The molecule has 1 saturated carbocycles. The number of hydrogen-bond donors (Lipinski definition) is 2. The van der Waals surface area contributed by atoms with Crippen LogP contribution in [0.3, 0.4) is 0 Å². The quantitative estimate of drug-likeness (QED) is 0.911. The zero-order valence-electron chi connectivity index (χ0n) is 11.5. The lowest BCUT2D eigenvalue weighted by molar-refractivity contribution is 0.123. The SMILES string of the molecule is COc1ccc([C@@H](N)[C@@H](O)C2CC2)c2ccccc12.Cl. The molecule has 3 N–H and O–H groups in total. The van der Waals surface area contributed by atoms with E-state index in [2.05, 4.69) is 0 Å². The van der Waals surface area contributed by atoms with Crippen molar-refractivity contribution in [2.24, 2.45) is 11.7 Å². The fourth-order valence-corrected chi connectivity index (χ4v) is 2.68. The van der Waals surface area contributed by atoms with Gasteiger partial charge in [0.1, 0.15) is 5.75 Å². The second-order valence-electron chi connectivity index (χ2n) is 5.26. The molecular formula is C16H20ClNO2. The molecule has 0 radical (unpaired) electrons. The van der Waals surface area contributed by atoms with Gasteiger partial charge in [-0.2, -0.15) is 0 Å². The summed E-state index contributed by atoms with van der Waals surface area (Å²) in [4.78, 5) is 0. The second kappa shape index (κ2) is 6.00. The summed E-state index contributed by atoms with van der Waals surface area (Å²) in [6.45, 7) is 0. The molecule has 2 aromatic carbocycles. The van der Waals surface area contributed by atoms with Gasteiger partial charge in [0.15, 0.2) is 0 Å². The molecule has 0 saturated heterocycles. The zero-order valence-corrected chi connectivity index (χ0v) is 12.3. The van der Waals surface area contributed by atoms with Gasteiger partial charge >= 0.3 is 0 Å². The van der Waals surface area contributed by atoms with Gasteiger partial charge in [0.05, 0.1) is 19.3 Å². The number of halogens is 1. The Morgan fingerprint density at radius 1 is 1.15 bits per heavy atom. The maximum atomic E-state index is 10.2. The van der Waals surface area contributed by atoms with Gasteiger partial charge < -0.3 is 15.6 Å². The molecule has 4 heteroatoms. The minimum Gasteiger partial charge on any atom is -0.496 e. The van der Waals surface area contributed by atoms with Crippen molar-refractivity contribution in [3.63, 3.8) is 0 Å². The monoisotopic (exact) mass is 293 g/mol. The first kappa shape index (κ1) is 15.1. The maximum Gasteiger partial charge on any atom is 0.126 e. The molecule has 20 heavy (non-hydrogen) atoms.